The molecule has 20 heavy (non-hydrogen) atoms. The standard InChI is InChI=1S/C15H21FN2O2/c1-15(14(19)20-2)8-3-4-9-18(15)17-11-12-6-5-7-13(16)10-12/h5-7,10,17H,3-4,8-9,11H2,1-2H3. The van der Waals surface area contributed by atoms with Gasteiger partial charge in [-0.1, -0.05) is 12.1 Å². The van der Waals surface area contributed by atoms with Crippen LogP contribution in [0.5, 0.6) is 0 Å². The van der Waals surface area contributed by atoms with Crippen LogP contribution in [0.25, 0.3) is 0 Å². The molecule has 0 saturated carbocycles. The number of nitrogens with one attached hydrogen (secondary N) is 1. The van der Waals surface area contributed by atoms with Crippen molar-refractivity contribution in [3.63, 3.8) is 0 Å². The highest BCUT2D eigenvalue weighted by atomic mass is 19.1. The van der Waals surface area contributed by atoms with Crippen LogP contribution in [0.1, 0.15) is 31.7 Å². The molecule has 1 heterocycles. The van der Waals surface area contributed by atoms with E-state index in [2.05, 4.69) is 5.43 Å². The van der Waals surface area contributed by atoms with Gasteiger partial charge in [0.25, 0.3) is 0 Å². The summed E-state index contributed by atoms with van der Waals surface area (Å²) in [6.45, 7) is 3.15. The molecule has 0 bridgehead atoms. The van der Waals surface area contributed by atoms with Gasteiger partial charge in [0.05, 0.1) is 7.11 Å². The molecule has 1 aromatic carbocycles. The van der Waals surface area contributed by atoms with Crippen LogP contribution in [0.3, 0.4) is 0 Å². The predicted molar refractivity (Wildman–Crippen MR) is 74.2 cm³/mol. The Morgan fingerprint density at radius 2 is 2.30 bits per heavy atom. The molecule has 0 amide bonds. The molecule has 1 unspecified atom stereocenters. The van der Waals surface area contributed by atoms with E-state index in [1.165, 1.54) is 19.2 Å². The lowest BCUT2D eigenvalue weighted by Crippen LogP contribution is -2.60. The van der Waals surface area contributed by atoms with Crippen LogP contribution in [-0.2, 0) is 16.1 Å². The van der Waals surface area contributed by atoms with Crippen molar-refractivity contribution in [3.05, 3.63) is 35.6 Å². The zero-order valence-electron chi connectivity index (χ0n) is 12.0. The molecule has 5 heteroatoms. The molecule has 1 aliphatic heterocycles. The van der Waals surface area contributed by atoms with E-state index < -0.39 is 5.54 Å². The SMILES string of the molecule is COC(=O)C1(C)CCCCN1NCc1cccc(F)c1. The Labute approximate surface area is 118 Å². The maximum absolute atomic E-state index is 13.2. The first-order valence-corrected chi connectivity index (χ1v) is 6.90. The number of benzene rings is 1. The summed E-state index contributed by atoms with van der Waals surface area (Å²) in [5.41, 5.74) is 3.43. The van der Waals surface area contributed by atoms with Crippen LogP contribution in [0.2, 0.25) is 0 Å². The van der Waals surface area contributed by atoms with Gasteiger partial charge in [-0.25, -0.2) is 14.8 Å². The molecule has 0 aromatic heterocycles. The number of rotatable bonds is 4. The Morgan fingerprint density at radius 3 is 3.00 bits per heavy atom. The summed E-state index contributed by atoms with van der Waals surface area (Å²) in [5, 5.41) is 1.92. The number of methoxy groups -OCH3 is 1. The molecule has 1 aromatic rings. The van der Waals surface area contributed by atoms with Crippen molar-refractivity contribution in [2.45, 2.75) is 38.3 Å². The lowest BCUT2D eigenvalue weighted by atomic mass is 9.90. The van der Waals surface area contributed by atoms with Crippen LogP contribution < -0.4 is 5.43 Å². The number of piperidine rings is 1. The van der Waals surface area contributed by atoms with Crippen LogP contribution in [0.4, 0.5) is 4.39 Å². The van der Waals surface area contributed by atoms with Gasteiger partial charge in [0.1, 0.15) is 11.4 Å². The minimum absolute atomic E-state index is 0.232. The minimum atomic E-state index is -0.652. The number of hydrogen-bond donors (Lipinski definition) is 1. The molecule has 2 rings (SSSR count). The van der Waals surface area contributed by atoms with Crippen molar-refractivity contribution < 1.29 is 13.9 Å². The zero-order valence-corrected chi connectivity index (χ0v) is 12.0. The quantitative estimate of drug-likeness (QED) is 0.859. The van der Waals surface area contributed by atoms with Gasteiger partial charge in [-0.3, -0.25) is 4.79 Å². The van der Waals surface area contributed by atoms with E-state index in [-0.39, 0.29) is 11.8 Å². The van der Waals surface area contributed by atoms with E-state index in [0.717, 1.165) is 31.4 Å². The van der Waals surface area contributed by atoms with Gasteiger partial charge in [0, 0.05) is 13.1 Å². The number of nitrogens with zero attached hydrogens (tertiary/aromatic N) is 1. The number of esters is 1. The summed E-state index contributed by atoms with van der Waals surface area (Å²) in [5.74, 6) is -0.484. The Balaban J connectivity index is 2.04. The Morgan fingerprint density at radius 1 is 1.50 bits per heavy atom. The first-order chi connectivity index (χ1) is 9.56. The Bertz CT molecular complexity index is 481. The van der Waals surface area contributed by atoms with E-state index in [9.17, 15) is 9.18 Å². The Kier molecular flexibility index (Phi) is 4.73. The number of carbonyl (C=O) groups excluding carboxylic acids is 1. The number of hydrazine groups is 1. The average molecular weight is 280 g/mol. The van der Waals surface area contributed by atoms with Crippen molar-refractivity contribution in [3.8, 4) is 0 Å². The van der Waals surface area contributed by atoms with Gasteiger partial charge in [0.2, 0.25) is 0 Å². The largest absolute Gasteiger partial charge is 0.468 e. The number of halogens is 1. The maximum Gasteiger partial charge on any atom is 0.327 e. The smallest absolute Gasteiger partial charge is 0.327 e. The van der Waals surface area contributed by atoms with Crippen molar-refractivity contribution in [1.29, 1.82) is 0 Å². The number of hydrogen-bond acceptors (Lipinski definition) is 4. The second-order valence-corrected chi connectivity index (χ2v) is 5.34. The van der Waals surface area contributed by atoms with E-state index >= 15 is 0 Å². The topological polar surface area (TPSA) is 41.6 Å². The molecule has 0 radical (unpaired) electrons. The summed E-state index contributed by atoms with van der Waals surface area (Å²) in [4.78, 5) is 12.0. The van der Waals surface area contributed by atoms with Crippen molar-refractivity contribution >= 4 is 5.97 Å². The first-order valence-electron chi connectivity index (χ1n) is 6.90. The summed E-state index contributed by atoms with van der Waals surface area (Å²) in [6, 6.07) is 6.45. The van der Waals surface area contributed by atoms with Crippen LogP contribution >= 0.6 is 0 Å². The highest BCUT2D eigenvalue weighted by Crippen LogP contribution is 2.27. The second-order valence-electron chi connectivity index (χ2n) is 5.34. The van der Waals surface area contributed by atoms with Gasteiger partial charge in [-0.15, -0.1) is 0 Å². The van der Waals surface area contributed by atoms with Gasteiger partial charge < -0.3 is 4.74 Å². The van der Waals surface area contributed by atoms with Crippen LogP contribution in [-0.4, -0.2) is 30.2 Å². The van der Waals surface area contributed by atoms with Crippen molar-refractivity contribution in [1.82, 2.24) is 10.4 Å². The fourth-order valence-electron chi connectivity index (χ4n) is 2.64. The Hall–Kier alpha value is -1.46. The molecule has 1 aliphatic rings. The lowest BCUT2D eigenvalue weighted by molar-refractivity contribution is -0.160. The molecular weight excluding hydrogens is 259 g/mol. The monoisotopic (exact) mass is 280 g/mol. The van der Waals surface area contributed by atoms with E-state index in [1.54, 1.807) is 6.07 Å². The highest BCUT2D eigenvalue weighted by Gasteiger charge is 2.42. The number of carbonyl (C=O) groups is 1. The second kappa shape index (κ2) is 6.33. The third-order valence-electron chi connectivity index (χ3n) is 3.88. The molecule has 0 aliphatic carbocycles. The fraction of sp³-hybridized carbons (Fsp3) is 0.533. The van der Waals surface area contributed by atoms with Gasteiger partial charge >= 0.3 is 5.97 Å². The summed E-state index contributed by atoms with van der Waals surface area (Å²) in [6.07, 6.45) is 2.79. The molecule has 4 nitrogen and oxygen atoms in total. The molecular formula is C15H21FN2O2. The first kappa shape index (κ1) is 14.9. The third-order valence-corrected chi connectivity index (χ3v) is 3.88. The highest BCUT2D eigenvalue weighted by molar-refractivity contribution is 5.80. The molecule has 1 atom stereocenters. The van der Waals surface area contributed by atoms with E-state index in [4.69, 9.17) is 4.74 Å². The third kappa shape index (κ3) is 3.16. The summed E-state index contributed by atoms with van der Waals surface area (Å²) < 4.78 is 18.1. The van der Waals surface area contributed by atoms with Crippen molar-refractivity contribution in [2.24, 2.45) is 0 Å². The summed E-state index contributed by atoms with van der Waals surface area (Å²) >= 11 is 0. The van der Waals surface area contributed by atoms with E-state index in [1.807, 2.05) is 18.0 Å². The lowest BCUT2D eigenvalue weighted by Gasteiger charge is -2.42. The zero-order chi connectivity index (χ0) is 14.6. The number of ether oxygens (including phenoxy) is 1. The molecule has 1 fully saturated rings. The normalized spacial score (nSPS) is 23.6. The fourth-order valence-corrected chi connectivity index (χ4v) is 2.64. The maximum atomic E-state index is 13.2. The van der Waals surface area contributed by atoms with E-state index in [0.29, 0.717) is 6.54 Å². The summed E-state index contributed by atoms with van der Waals surface area (Å²) in [7, 11) is 1.41. The van der Waals surface area contributed by atoms with Crippen LogP contribution in [0, 0.1) is 5.82 Å². The minimum Gasteiger partial charge on any atom is -0.468 e. The molecule has 110 valence electrons. The average Bonchev–Trinajstić information content (AvgIpc) is 2.45. The molecule has 1 saturated heterocycles. The molecule has 1 N–H and O–H groups in total. The van der Waals surface area contributed by atoms with Crippen LogP contribution in [0.15, 0.2) is 24.3 Å². The van der Waals surface area contributed by atoms with Crippen molar-refractivity contribution in [2.75, 3.05) is 13.7 Å². The van der Waals surface area contributed by atoms with Gasteiger partial charge in [-0.2, -0.15) is 0 Å². The van der Waals surface area contributed by atoms with Gasteiger partial charge in [-0.05, 0) is 43.9 Å². The predicted octanol–water partition coefficient (Wildman–Crippen LogP) is 2.25. The molecule has 0 spiro atoms. The van der Waals surface area contributed by atoms with Gasteiger partial charge in [0.15, 0.2) is 0 Å².